The summed E-state index contributed by atoms with van der Waals surface area (Å²) in [5.74, 6) is 0.688. The lowest BCUT2D eigenvalue weighted by molar-refractivity contribution is -0.116. The zero-order valence-corrected chi connectivity index (χ0v) is 21.2. The summed E-state index contributed by atoms with van der Waals surface area (Å²) in [6.07, 6.45) is 2.07. The highest BCUT2D eigenvalue weighted by molar-refractivity contribution is 6.15. The number of rotatable bonds is 10. The fraction of sp³-hybridized carbons (Fsp3) is 0.296. The van der Waals surface area contributed by atoms with Crippen LogP contribution in [0.5, 0.6) is 17.2 Å². The largest absolute Gasteiger partial charge is 0.493 e. The Kier molecular flexibility index (Phi) is 8.37. The van der Waals surface area contributed by atoms with Crippen LogP contribution in [-0.2, 0) is 16.0 Å². The summed E-state index contributed by atoms with van der Waals surface area (Å²) >= 11 is 0. The topological polar surface area (TPSA) is 116 Å². The molecule has 0 atom stereocenters. The number of carbonyl (C=O) groups is 3. The summed E-state index contributed by atoms with van der Waals surface area (Å²) in [7, 11) is 4.63. The Morgan fingerprint density at radius 3 is 2.19 bits per heavy atom. The van der Waals surface area contributed by atoms with Crippen molar-refractivity contribution in [2.24, 2.45) is 0 Å². The molecule has 0 saturated carbocycles. The molecule has 2 aromatic carbocycles. The maximum Gasteiger partial charge on any atom is 0.244 e. The van der Waals surface area contributed by atoms with Gasteiger partial charge in [0.15, 0.2) is 34.4 Å². The van der Waals surface area contributed by atoms with Crippen molar-refractivity contribution in [1.29, 1.82) is 0 Å². The molecular weight excluding hydrogens is 464 g/mol. The molecule has 0 unspecified atom stereocenters. The van der Waals surface area contributed by atoms with Crippen LogP contribution in [0.15, 0.2) is 40.8 Å². The highest BCUT2D eigenvalue weighted by Gasteiger charge is 2.24. The Morgan fingerprint density at radius 2 is 1.58 bits per heavy atom. The Bertz CT molecular complexity index is 1340. The van der Waals surface area contributed by atoms with Gasteiger partial charge in [-0.15, -0.1) is 0 Å². The smallest absolute Gasteiger partial charge is 0.244 e. The maximum atomic E-state index is 12.7. The van der Waals surface area contributed by atoms with Gasteiger partial charge in [-0.2, -0.15) is 0 Å². The number of carbonyl (C=O) groups excluding carboxylic acids is 3. The van der Waals surface area contributed by atoms with Gasteiger partial charge < -0.3 is 29.3 Å². The third-order valence-corrected chi connectivity index (χ3v) is 5.58. The molecule has 0 spiro atoms. The first-order valence-electron chi connectivity index (χ1n) is 11.3. The van der Waals surface area contributed by atoms with Gasteiger partial charge in [0.2, 0.25) is 11.8 Å². The highest BCUT2D eigenvalue weighted by atomic mass is 16.5. The SMILES string of the molecule is COc1ccc(CCNC(=O)/C=C(\C)c2ccc(OC)c3oc(C(C)=O)c(NC(C)=O)c23)cc1OC. The van der Waals surface area contributed by atoms with Gasteiger partial charge >= 0.3 is 0 Å². The van der Waals surface area contributed by atoms with Crippen molar-refractivity contribution in [3.05, 3.63) is 53.3 Å². The van der Waals surface area contributed by atoms with Crippen LogP contribution in [0, 0.1) is 0 Å². The van der Waals surface area contributed by atoms with Gasteiger partial charge in [0.05, 0.1) is 32.4 Å². The molecule has 1 aromatic heterocycles. The zero-order valence-electron chi connectivity index (χ0n) is 21.2. The molecule has 3 rings (SSSR count). The number of ether oxygens (including phenoxy) is 3. The lowest BCUT2D eigenvalue weighted by atomic mass is 10.00. The van der Waals surface area contributed by atoms with Crippen LogP contribution in [0.25, 0.3) is 16.5 Å². The van der Waals surface area contributed by atoms with Gasteiger partial charge in [0, 0.05) is 26.5 Å². The number of hydrogen-bond acceptors (Lipinski definition) is 7. The molecule has 0 aliphatic carbocycles. The molecule has 0 radical (unpaired) electrons. The van der Waals surface area contributed by atoms with Crippen LogP contribution in [-0.4, -0.2) is 45.5 Å². The van der Waals surface area contributed by atoms with Gasteiger partial charge in [-0.05, 0) is 48.2 Å². The summed E-state index contributed by atoms with van der Waals surface area (Å²) in [5, 5.41) is 6.06. The molecule has 1 heterocycles. The minimum absolute atomic E-state index is 0.0121. The maximum absolute atomic E-state index is 12.7. The van der Waals surface area contributed by atoms with E-state index >= 15 is 0 Å². The predicted molar refractivity (Wildman–Crippen MR) is 137 cm³/mol. The van der Waals surface area contributed by atoms with E-state index in [9.17, 15) is 14.4 Å². The number of amides is 2. The number of furan rings is 1. The second-order valence-electron chi connectivity index (χ2n) is 8.12. The van der Waals surface area contributed by atoms with Gasteiger partial charge in [-0.25, -0.2) is 0 Å². The molecule has 0 aliphatic rings. The lowest BCUT2D eigenvalue weighted by Gasteiger charge is -2.10. The van der Waals surface area contributed by atoms with Crippen LogP contribution >= 0.6 is 0 Å². The van der Waals surface area contributed by atoms with Gasteiger partial charge in [-0.1, -0.05) is 12.1 Å². The highest BCUT2D eigenvalue weighted by Crippen LogP contribution is 2.41. The summed E-state index contributed by atoms with van der Waals surface area (Å²) in [6, 6.07) is 9.05. The average molecular weight is 495 g/mol. The van der Waals surface area contributed by atoms with E-state index in [4.69, 9.17) is 18.6 Å². The van der Waals surface area contributed by atoms with Crippen molar-refractivity contribution in [3.8, 4) is 17.2 Å². The minimum Gasteiger partial charge on any atom is -0.493 e. The zero-order chi connectivity index (χ0) is 26.4. The molecule has 2 N–H and O–H groups in total. The van der Waals surface area contributed by atoms with Crippen molar-refractivity contribution >= 4 is 39.8 Å². The number of fused-ring (bicyclic) bond motifs is 1. The van der Waals surface area contributed by atoms with Crippen molar-refractivity contribution in [3.63, 3.8) is 0 Å². The number of hydrogen-bond donors (Lipinski definition) is 2. The molecule has 36 heavy (non-hydrogen) atoms. The number of allylic oxidation sites excluding steroid dienone is 1. The van der Waals surface area contributed by atoms with Crippen LogP contribution in [0.1, 0.15) is 42.5 Å². The van der Waals surface area contributed by atoms with E-state index in [1.165, 1.54) is 27.0 Å². The first-order chi connectivity index (χ1) is 17.2. The lowest BCUT2D eigenvalue weighted by Crippen LogP contribution is -2.23. The number of methoxy groups -OCH3 is 3. The molecule has 0 bridgehead atoms. The Labute approximate surface area is 209 Å². The first kappa shape index (κ1) is 26.3. The van der Waals surface area contributed by atoms with E-state index in [0.29, 0.717) is 52.3 Å². The third-order valence-electron chi connectivity index (χ3n) is 5.58. The molecular formula is C27H30N2O7. The van der Waals surface area contributed by atoms with Crippen LogP contribution in [0.2, 0.25) is 0 Å². The van der Waals surface area contributed by atoms with E-state index in [-0.39, 0.29) is 29.0 Å². The number of ketones is 1. The standard InChI is InChI=1S/C27H30N2O7/c1-15(13-23(32)28-12-11-18-7-9-20(33-4)22(14-18)35-6)19-8-10-21(34-5)27-24(19)25(29-17(3)31)26(36-27)16(2)30/h7-10,13-14H,11-12H2,1-6H3,(H,28,32)(H,29,31)/b15-13+. The van der Waals surface area contributed by atoms with Crippen LogP contribution in [0.3, 0.4) is 0 Å². The fourth-order valence-electron chi connectivity index (χ4n) is 3.90. The van der Waals surface area contributed by atoms with E-state index in [1.54, 1.807) is 33.3 Å². The molecule has 0 saturated heterocycles. The van der Waals surface area contributed by atoms with Gasteiger partial charge in [-0.3, -0.25) is 14.4 Å². The van der Waals surface area contributed by atoms with Gasteiger partial charge in [0.1, 0.15) is 0 Å². The van der Waals surface area contributed by atoms with Crippen molar-refractivity contribution in [1.82, 2.24) is 5.32 Å². The Morgan fingerprint density at radius 1 is 0.917 bits per heavy atom. The number of anilines is 1. The number of Topliss-reactive ketones (excluding diaryl/α,β-unsaturated/α-hetero) is 1. The van der Waals surface area contributed by atoms with Crippen molar-refractivity contribution < 1.29 is 33.0 Å². The minimum atomic E-state index is -0.358. The summed E-state index contributed by atoms with van der Waals surface area (Å²) in [4.78, 5) is 36.7. The van der Waals surface area contributed by atoms with Crippen molar-refractivity contribution in [2.45, 2.75) is 27.2 Å². The normalized spacial score (nSPS) is 11.2. The number of nitrogens with one attached hydrogen (secondary N) is 2. The molecule has 3 aromatic rings. The quantitative estimate of drug-likeness (QED) is 0.317. The van der Waals surface area contributed by atoms with Crippen LogP contribution < -0.4 is 24.8 Å². The Hall–Kier alpha value is -4.27. The van der Waals surface area contributed by atoms with Gasteiger partial charge in [0.25, 0.3) is 0 Å². The average Bonchev–Trinajstić information content (AvgIpc) is 3.22. The molecule has 2 amide bonds. The molecule has 9 nitrogen and oxygen atoms in total. The summed E-state index contributed by atoms with van der Waals surface area (Å²) < 4.78 is 21.8. The van der Waals surface area contributed by atoms with E-state index in [0.717, 1.165) is 5.56 Å². The monoisotopic (exact) mass is 494 g/mol. The number of benzene rings is 2. The third kappa shape index (κ3) is 5.68. The van der Waals surface area contributed by atoms with Crippen molar-refractivity contribution in [2.75, 3.05) is 33.2 Å². The molecule has 0 aliphatic heterocycles. The molecule has 190 valence electrons. The second kappa shape index (κ2) is 11.4. The fourth-order valence-corrected chi connectivity index (χ4v) is 3.90. The van der Waals surface area contributed by atoms with E-state index in [1.807, 2.05) is 18.2 Å². The molecule has 9 heteroatoms. The van der Waals surface area contributed by atoms with E-state index in [2.05, 4.69) is 10.6 Å². The summed E-state index contributed by atoms with van der Waals surface area (Å²) in [5.41, 5.74) is 2.79. The first-order valence-corrected chi connectivity index (χ1v) is 11.3. The summed E-state index contributed by atoms with van der Waals surface area (Å²) in [6.45, 7) is 4.88. The second-order valence-corrected chi connectivity index (χ2v) is 8.12. The van der Waals surface area contributed by atoms with E-state index < -0.39 is 0 Å². The predicted octanol–water partition coefficient (Wildman–Crippen LogP) is 4.38. The Balaban J connectivity index is 1.86. The van der Waals surface area contributed by atoms with Crippen LogP contribution in [0.4, 0.5) is 5.69 Å². The molecule has 0 fully saturated rings.